The largest absolute Gasteiger partial charge is 0.256 e. The van der Waals surface area contributed by atoms with E-state index in [1.165, 1.54) is 11.6 Å². The van der Waals surface area contributed by atoms with Crippen LogP contribution in [0.4, 0.5) is 4.39 Å². The van der Waals surface area contributed by atoms with Crippen molar-refractivity contribution in [2.45, 2.75) is 19.3 Å². The summed E-state index contributed by atoms with van der Waals surface area (Å²) in [5.41, 5.74) is 6.11. The van der Waals surface area contributed by atoms with Gasteiger partial charge in [-0.15, -0.1) is 0 Å². The predicted octanol–water partition coefficient (Wildman–Crippen LogP) is 5.86. The molecule has 1 aromatic heterocycles. The minimum Gasteiger partial charge on any atom is -0.256 e. The predicted molar refractivity (Wildman–Crippen MR) is 97.1 cm³/mol. The van der Waals surface area contributed by atoms with E-state index in [-0.39, 0.29) is 11.2 Å². The first-order chi connectivity index (χ1) is 11.5. The van der Waals surface area contributed by atoms with Crippen molar-refractivity contribution in [2.24, 2.45) is 0 Å². The molecule has 0 atom stereocenters. The fraction of sp³-hybridized carbons (Fsp3) is 0.136. The molecule has 4 rings (SSSR count). The summed E-state index contributed by atoms with van der Waals surface area (Å²) in [4.78, 5) is 4.67. The molecule has 0 saturated carbocycles. The Morgan fingerprint density at radius 2 is 1.71 bits per heavy atom. The maximum atomic E-state index is 13.6. The third-order valence-corrected chi connectivity index (χ3v) is 4.65. The third-order valence-electron chi connectivity index (χ3n) is 4.65. The second-order valence-electron chi connectivity index (χ2n) is 6.77. The van der Waals surface area contributed by atoms with Crippen molar-refractivity contribution in [3.05, 3.63) is 83.8 Å². The average molecular weight is 315 g/mol. The Labute approximate surface area is 141 Å². The van der Waals surface area contributed by atoms with Crippen molar-refractivity contribution in [1.29, 1.82) is 0 Å². The van der Waals surface area contributed by atoms with Crippen LogP contribution < -0.4 is 0 Å². The number of rotatable bonds is 1. The van der Waals surface area contributed by atoms with Crippen LogP contribution in [-0.2, 0) is 5.41 Å². The molecule has 2 aromatic carbocycles. The van der Waals surface area contributed by atoms with Gasteiger partial charge in [-0.25, -0.2) is 4.39 Å². The molecule has 0 saturated heterocycles. The molecule has 0 spiro atoms. The van der Waals surface area contributed by atoms with Gasteiger partial charge < -0.3 is 0 Å². The lowest BCUT2D eigenvalue weighted by molar-refractivity contribution is 0.627. The maximum Gasteiger partial charge on any atom is 0.123 e. The Morgan fingerprint density at radius 3 is 2.50 bits per heavy atom. The number of hydrogen-bond donors (Lipinski definition) is 0. The summed E-state index contributed by atoms with van der Waals surface area (Å²) in [6, 6.07) is 17.3. The second kappa shape index (κ2) is 5.41. The zero-order chi connectivity index (χ0) is 16.7. The van der Waals surface area contributed by atoms with Crippen molar-refractivity contribution in [3.8, 4) is 22.4 Å². The highest BCUT2D eigenvalue weighted by Crippen LogP contribution is 2.40. The van der Waals surface area contributed by atoms with Gasteiger partial charge in [-0.3, -0.25) is 4.98 Å². The maximum absolute atomic E-state index is 13.6. The Balaban J connectivity index is 1.97. The first kappa shape index (κ1) is 14.8. The zero-order valence-electron chi connectivity index (χ0n) is 13.8. The van der Waals surface area contributed by atoms with Crippen molar-refractivity contribution in [1.82, 2.24) is 4.98 Å². The molecule has 3 aromatic rings. The number of nitrogens with zero attached hydrogens (tertiary/aromatic N) is 1. The highest BCUT2D eigenvalue weighted by Gasteiger charge is 2.26. The van der Waals surface area contributed by atoms with E-state index in [2.05, 4.69) is 43.1 Å². The van der Waals surface area contributed by atoms with E-state index >= 15 is 0 Å². The van der Waals surface area contributed by atoms with E-state index in [1.807, 2.05) is 36.5 Å². The number of benzene rings is 2. The Kier molecular flexibility index (Phi) is 3.34. The van der Waals surface area contributed by atoms with Crippen molar-refractivity contribution in [3.63, 3.8) is 0 Å². The van der Waals surface area contributed by atoms with E-state index in [1.54, 1.807) is 6.07 Å². The van der Waals surface area contributed by atoms with Gasteiger partial charge in [0.1, 0.15) is 5.82 Å². The molecule has 1 aliphatic carbocycles. The van der Waals surface area contributed by atoms with Crippen LogP contribution in [0.25, 0.3) is 28.5 Å². The van der Waals surface area contributed by atoms with Crippen LogP contribution in [0, 0.1) is 5.82 Å². The summed E-state index contributed by atoms with van der Waals surface area (Å²) in [6.45, 7) is 4.36. The fourth-order valence-corrected chi connectivity index (χ4v) is 3.27. The first-order valence-corrected chi connectivity index (χ1v) is 8.10. The SMILES string of the molecule is CC1(C)C=Cc2cc(F)ccc2-c2cnc(-c3ccccc3)cc21. The van der Waals surface area contributed by atoms with Crippen LogP contribution >= 0.6 is 0 Å². The monoisotopic (exact) mass is 315 g/mol. The van der Waals surface area contributed by atoms with Crippen LogP contribution in [-0.4, -0.2) is 4.98 Å². The standard InChI is InChI=1S/C22H18FN/c1-22(2)11-10-16-12-17(23)8-9-18(16)19-14-24-21(13-20(19)22)15-6-4-3-5-7-15/h3-14H,1-2H3. The van der Waals surface area contributed by atoms with Gasteiger partial charge in [0, 0.05) is 22.7 Å². The number of halogens is 1. The zero-order valence-corrected chi connectivity index (χ0v) is 13.8. The lowest BCUT2D eigenvalue weighted by Crippen LogP contribution is -2.14. The lowest BCUT2D eigenvalue weighted by atomic mass is 9.81. The van der Waals surface area contributed by atoms with Gasteiger partial charge in [0.25, 0.3) is 0 Å². The molecule has 0 aliphatic heterocycles. The Morgan fingerprint density at radius 1 is 0.917 bits per heavy atom. The van der Waals surface area contributed by atoms with Crippen molar-refractivity contribution in [2.75, 3.05) is 0 Å². The topological polar surface area (TPSA) is 12.9 Å². The number of hydrogen-bond acceptors (Lipinski definition) is 1. The van der Waals surface area contributed by atoms with E-state index < -0.39 is 0 Å². The molecular formula is C22H18FN. The normalized spacial score (nSPS) is 14.6. The summed E-state index contributed by atoms with van der Waals surface area (Å²) in [5, 5.41) is 0. The number of aromatic nitrogens is 1. The van der Waals surface area contributed by atoms with Gasteiger partial charge in [-0.1, -0.05) is 62.4 Å². The molecule has 118 valence electrons. The number of pyridine rings is 1. The average Bonchev–Trinajstić information content (AvgIpc) is 2.70. The van der Waals surface area contributed by atoms with Gasteiger partial charge in [-0.2, -0.15) is 0 Å². The quantitative estimate of drug-likeness (QED) is 0.548. The van der Waals surface area contributed by atoms with Crippen molar-refractivity contribution >= 4 is 6.08 Å². The van der Waals surface area contributed by atoms with Crippen LogP contribution in [0.1, 0.15) is 25.0 Å². The summed E-state index contributed by atoms with van der Waals surface area (Å²) in [5.74, 6) is -0.214. The molecule has 0 N–H and O–H groups in total. The second-order valence-corrected chi connectivity index (χ2v) is 6.77. The van der Waals surface area contributed by atoms with Gasteiger partial charge in [0.2, 0.25) is 0 Å². The number of fused-ring (bicyclic) bond motifs is 3. The molecule has 1 heterocycles. The molecule has 1 nitrogen and oxygen atoms in total. The molecule has 1 aliphatic rings. The van der Waals surface area contributed by atoms with Crippen LogP contribution in [0.15, 0.2) is 66.9 Å². The molecular weight excluding hydrogens is 297 g/mol. The molecule has 24 heavy (non-hydrogen) atoms. The third kappa shape index (κ3) is 2.44. The molecule has 2 heteroatoms. The number of allylic oxidation sites excluding steroid dienone is 1. The van der Waals surface area contributed by atoms with Gasteiger partial charge in [-0.05, 0) is 34.9 Å². The van der Waals surface area contributed by atoms with E-state index in [0.717, 1.165) is 27.9 Å². The molecule has 0 amide bonds. The van der Waals surface area contributed by atoms with Gasteiger partial charge in [0.15, 0.2) is 0 Å². The fourth-order valence-electron chi connectivity index (χ4n) is 3.27. The molecule has 0 fully saturated rings. The van der Waals surface area contributed by atoms with Gasteiger partial charge in [0.05, 0.1) is 5.69 Å². The van der Waals surface area contributed by atoms with Crippen molar-refractivity contribution < 1.29 is 4.39 Å². The summed E-state index contributed by atoms with van der Waals surface area (Å²) in [7, 11) is 0. The molecule has 0 radical (unpaired) electrons. The highest BCUT2D eigenvalue weighted by atomic mass is 19.1. The van der Waals surface area contributed by atoms with Gasteiger partial charge >= 0.3 is 0 Å². The van der Waals surface area contributed by atoms with Crippen LogP contribution in [0.3, 0.4) is 0 Å². The van der Waals surface area contributed by atoms with E-state index in [0.29, 0.717) is 0 Å². The minimum absolute atomic E-state index is 0.155. The smallest absolute Gasteiger partial charge is 0.123 e. The lowest BCUT2D eigenvalue weighted by Gasteiger charge is -2.23. The highest BCUT2D eigenvalue weighted by molar-refractivity contribution is 5.82. The van der Waals surface area contributed by atoms with Crippen LogP contribution in [0.5, 0.6) is 0 Å². The minimum atomic E-state index is -0.214. The summed E-state index contributed by atoms with van der Waals surface area (Å²) < 4.78 is 13.6. The summed E-state index contributed by atoms with van der Waals surface area (Å²) in [6.07, 6.45) is 6.08. The Hall–Kier alpha value is -2.74. The Bertz CT molecular complexity index is 939. The van der Waals surface area contributed by atoms with E-state index in [4.69, 9.17) is 0 Å². The summed E-state index contributed by atoms with van der Waals surface area (Å²) >= 11 is 0. The first-order valence-electron chi connectivity index (χ1n) is 8.10. The molecule has 0 unspecified atom stereocenters. The van der Waals surface area contributed by atoms with Crippen LogP contribution in [0.2, 0.25) is 0 Å². The van der Waals surface area contributed by atoms with E-state index in [9.17, 15) is 4.39 Å². The molecule has 0 bridgehead atoms.